The highest BCUT2D eigenvalue weighted by molar-refractivity contribution is 7.92. The second-order valence-corrected chi connectivity index (χ2v) is 11.8. The highest BCUT2D eigenvalue weighted by atomic mass is 35.5. The first-order valence-electron chi connectivity index (χ1n) is 11.3. The lowest BCUT2D eigenvalue weighted by Gasteiger charge is -2.32. The maximum absolute atomic E-state index is 14.3. The van der Waals surface area contributed by atoms with Crippen LogP contribution in [0.15, 0.2) is 48.5 Å². The van der Waals surface area contributed by atoms with Crippen molar-refractivity contribution < 1.29 is 22.4 Å². The molecule has 0 saturated carbocycles. The van der Waals surface area contributed by atoms with Crippen molar-refractivity contribution in [1.29, 1.82) is 0 Å². The van der Waals surface area contributed by atoms with Gasteiger partial charge in [-0.25, -0.2) is 12.8 Å². The number of hydrogen-bond acceptors (Lipinski definition) is 4. The van der Waals surface area contributed by atoms with Gasteiger partial charge in [0, 0.05) is 35.6 Å². The number of carbonyl (C=O) groups excluding carboxylic acids is 2. The molecule has 10 heteroatoms. The SMILES string of the molecule is C[C@@H](C(=O)NC(C)(C)C)N(Cc1ccccc1F)C(=O)CCCN(c1cccc(Cl)c1)S(C)(=O)=O. The van der Waals surface area contributed by atoms with E-state index in [-0.39, 0.29) is 43.3 Å². The van der Waals surface area contributed by atoms with Crippen LogP contribution < -0.4 is 9.62 Å². The molecule has 0 spiro atoms. The molecule has 0 unspecified atom stereocenters. The summed E-state index contributed by atoms with van der Waals surface area (Å²) < 4.78 is 40.2. The summed E-state index contributed by atoms with van der Waals surface area (Å²) in [6.07, 6.45) is 1.24. The fraction of sp³-hybridized carbons (Fsp3) is 0.440. The molecule has 1 atom stereocenters. The number of hydrogen-bond donors (Lipinski definition) is 1. The third kappa shape index (κ3) is 8.81. The van der Waals surface area contributed by atoms with E-state index in [4.69, 9.17) is 11.6 Å². The van der Waals surface area contributed by atoms with Gasteiger partial charge in [-0.3, -0.25) is 13.9 Å². The van der Waals surface area contributed by atoms with E-state index in [0.29, 0.717) is 10.7 Å². The van der Waals surface area contributed by atoms with Crippen molar-refractivity contribution in [2.75, 3.05) is 17.1 Å². The average molecular weight is 526 g/mol. The highest BCUT2D eigenvalue weighted by Gasteiger charge is 2.29. The molecule has 2 aromatic rings. The van der Waals surface area contributed by atoms with Gasteiger partial charge in [0.25, 0.3) is 0 Å². The van der Waals surface area contributed by atoms with E-state index in [1.165, 1.54) is 21.3 Å². The van der Waals surface area contributed by atoms with Gasteiger partial charge < -0.3 is 10.2 Å². The predicted octanol–water partition coefficient (Wildman–Crippen LogP) is 4.36. The number of nitrogens with one attached hydrogen (secondary N) is 1. The van der Waals surface area contributed by atoms with Crippen LogP contribution in [0.25, 0.3) is 0 Å². The Morgan fingerprint density at radius 2 is 1.77 bits per heavy atom. The zero-order valence-electron chi connectivity index (χ0n) is 20.7. The fourth-order valence-electron chi connectivity index (χ4n) is 3.50. The van der Waals surface area contributed by atoms with Crippen molar-refractivity contribution in [3.05, 3.63) is 64.9 Å². The molecule has 0 saturated heterocycles. The molecule has 0 aliphatic carbocycles. The van der Waals surface area contributed by atoms with E-state index >= 15 is 0 Å². The lowest BCUT2D eigenvalue weighted by atomic mass is 10.1. The monoisotopic (exact) mass is 525 g/mol. The molecular weight excluding hydrogens is 493 g/mol. The molecule has 0 radical (unpaired) electrons. The molecule has 0 heterocycles. The van der Waals surface area contributed by atoms with Gasteiger partial charge in [-0.05, 0) is 58.4 Å². The summed E-state index contributed by atoms with van der Waals surface area (Å²) >= 11 is 6.01. The van der Waals surface area contributed by atoms with Crippen molar-refractivity contribution in [1.82, 2.24) is 10.2 Å². The molecule has 0 bridgehead atoms. The second kappa shape index (κ2) is 11.9. The average Bonchev–Trinajstić information content (AvgIpc) is 2.73. The summed E-state index contributed by atoms with van der Waals surface area (Å²) in [7, 11) is -3.62. The summed E-state index contributed by atoms with van der Waals surface area (Å²) in [4.78, 5) is 27.4. The smallest absolute Gasteiger partial charge is 0.242 e. The Morgan fingerprint density at radius 3 is 2.34 bits per heavy atom. The van der Waals surface area contributed by atoms with Crippen LogP contribution in [0.2, 0.25) is 5.02 Å². The number of benzene rings is 2. The van der Waals surface area contributed by atoms with E-state index < -0.39 is 27.4 Å². The molecule has 0 fully saturated rings. The predicted molar refractivity (Wildman–Crippen MR) is 137 cm³/mol. The van der Waals surface area contributed by atoms with Gasteiger partial charge in [-0.15, -0.1) is 0 Å². The lowest BCUT2D eigenvalue weighted by molar-refractivity contribution is -0.141. The van der Waals surface area contributed by atoms with Gasteiger partial charge in [-0.1, -0.05) is 35.9 Å². The normalized spacial score (nSPS) is 12.7. The number of nitrogens with zero attached hydrogens (tertiary/aromatic N) is 2. The first-order valence-corrected chi connectivity index (χ1v) is 13.5. The Balaban J connectivity index is 2.20. The Hall–Kier alpha value is -2.65. The molecule has 2 rings (SSSR count). The van der Waals surface area contributed by atoms with E-state index in [1.807, 2.05) is 20.8 Å². The molecule has 192 valence electrons. The minimum atomic E-state index is -3.62. The summed E-state index contributed by atoms with van der Waals surface area (Å²) in [5, 5.41) is 3.24. The van der Waals surface area contributed by atoms with E-state index in [0.717, 1.165) is 6.26 Å². The first kappa shape index (κ1) is 28.6. The first-order chi connectivity index (χ1) is 16.2. The van der Waals surface area contributed by atoms with Crippen molar-refractivity contribution in [3.8, 4) is 0 Å². The maximum Gasteiger partial charge on any atom is 0.242 e. The Labute approximate surface area is 212 Å². The standard InChI is InChI=1S/C25H33ClFN3O4S/c1-18(24(32)28-25(2,3)4)29(17-19-10-6-7-13-22(19)27)23(31)14-9-15-30(35(5,33)34)21-12-8-11-20(26)16-21/h6-8,10-13,16,18H,9,14-15,17H2,1-5H3,(H,28,32)/t18-/m0/s1. The summed E-state index contributed by atoms with van der Waals surface area (Å²) in [6, 6.07) is 11.7. The molecule has 2 aromatic carbocycles. The number of halogens is 2. The van der Waals surface area contributed by atoms with E-state index in [1.54, 1.807) is 43.3 Å². The summed E-state index contributed by atoms with van der Waals surface area (Å²) in [5.74, 6) is -1.22. The van der Waals surface area contributed by atoms with Gasteiger partial charge >= 0.3 is 0 Å². The van der Waals surface area contributed by atoms with Crippen LogP contribution in [-0.2, 0) is 26.2 Å². The Kier molecular flexibility index (Phi) is 9.68. The minimum absolute atomic E-state index is 0.0336. The third-order valence-electron chi connectivity index (χ3n) is 5.21. The van der Waals surface area contributed by atoms with Gasteiger partial charge in [0.05, 0.1) is 11.9 Å². The van der Waals surface area contributed by atoms with Crippen LogP contribution in [0, 0.1) is 5.82 Å². The highest BCUT2D eigenvalue weighted by Crippen LogP contribution is 2.23. The van der Waals surface area contributed by atoms with E-state index in [9.17, 15) is 22.4 Å². The number of anilines is 1. The summed E-state index contributed by atoms with van der Waals surface area (Å²) in [5.41, 5.74) is 0.173. The van der Waals surface area contributed by atoms with Crippen LogP contribution in [0.5, 0.6) is 0 Å². The summed E-state index contributed by atoms with van der Waals surface area (Å²) in [6.45, 7) is 7.03. The molecule has 35 heavy (non-hydrogen) atoms. The van der Waals surface area contributed by atoms with Crippen LogP contribution in [0.3, 0.4) is 0 Å². The molecule has 7 nitrogen and oxygen atoms in total. The van der Waals surface area contributed by atoms with E-state index in [2.05, 4.69) is 5.32 Å². The third-order valence-corrected chi connectivity index (χ3v) is 6.64. The van der Waals surface area contributed by atoms with Gasteiger partial charge in [-0.2, -0.15) is 0 Å². The van der Waals surface area contributed by atoms with Crippen molar-refractivity contribution >= 4 is 39.1 Å². The van der Waals surface area contributed by atoms with Crippen LogP contribution in [0.1, 0.15) is 46.1 Å². The molecule has 0 aliphatic rings. The number of sulfonamides is 1. The minimum Gasteiger partial charge on any atom is -0.350 e. The molecule has 1 N–H and O–H groups in total. The maximum atomic E-state index is 14.3. The Bertz CT molecular complexity index is 1150. The van der Waals surface area contributed by atoms with Gasteiger partial charge in [0.1, 0.15) is 11.9 Å². The zero-order chi connectivity index (χ0) is 26.4. The molecule has 2 amide bonds. The van der Waals surface area contributed by atoms with Gasteiger partial charge in [0.2, 0.25) is 21.8 Å². The number of amides is 2. The molecule has 0 aliphatic heterocycles. The Morgan fingerprint density at radius 1 is 1.11 bits per heavy atom. The van der Waals surface area contributed by atoms with Crippen molar-refractivity contribution in [2.45, 2.75) is 58.7 Å². The van der Waals surface area contributed by atoms with Crippen molar-refractivity contribution in [3.63, 3.8) is 0 Å². The number of carbonyl (C=O) groups is 2. The van der Waals surface area contributed by atoms with Gasteiger partial charge in [0.15, 0.2) is 0 Å². The molecule has 0 aromatic heterocycles. The largest absolute Gasteiger partial charge is 0.350 e. The van der Waals surface area contributed by atoms with Crippen LogP contribution >= 0.6 is 11.6 Å². The second-order valence-electron chi connectivity index (χ2n) is 9.45. The number of rotatable bonds is 10. The van der Waals surface area contributed by atoms with Crippen LogP contribution in [0.4, 0.5) is 10.1 Å². The van der Waals surface area contributed by atoms with Crippen LogP contribution in [-0.4, -0.2) is 49.5 Å². The quantitative estimate of drug-likeness (QED) is 0.499. The van der Waals surface area contributed by atoms with Crippen molar-refractivity contribution in [2.24, 2.45) is 0 Å². The zero-order valence-corrected chi connectivity index (χ0v) is 22.3. The molecular formula is C25H33ClFN3O4S. The topological polar surface area (TPSA) is 86.8 Å². The lowest BCUT2D eigenvalue weighted by Crippen LogP contribution is -2.52. The fourth-order valence-corrected chi connectivity index (χ4v) is 4.64.